The number of amides is 1. The molecule has 2 heterocycles. The molecule has 2 rings (SSSR count). The van der Waals surface area contributed by atoms with E-state index in [9.17, 15) is 14.7 Å². The van der Waals surface area contributed by atoms with Crippen LogP contribution in [0.4, 0.5) is 0 Å². The topological polar surface area (TPSA) is 91.0 Å². The second-order valence-corrected chi connectivity index (χ2v) is 4.15. The first kappa shape index (κ1) is 11.7. The molecule has 0 radical (unpaired) electrons. The fraction of sp³-hybridized carbons (Fsp3) is 0.455. The van der Waals surface area contributed by atoms with Gasteiger partial charge < -0.3 is 19.5 Å². The number of rotatable bonds is 2. The third-order valence-corrected chi connectivity index (χ3v) is 2.80. The number of aliphatic hydroxyl groups excluding tert-OH is 1. The highest BCUT2D eigenvalue weighted by atomic mass is 16.4. The third-order valence-electron chi connectivity index (χ3n) is 2.80. The highest BCUT2D eigenvalue weighted by Gasteiger charge is 2.39. The maximum absolute atomic E-state index is 12.0. The number of hydrogen-bond donors (Lipinski definition) is 2. The molecule has 1 amide bonds. The van der Waals surface area contributed by atoms with E-state index < -0.39 is 24.0 Å². The van der Waals surface area contributed by atoms with Crippen LogP contribution in [0.1, 0.15) is 22.5 Å². The summed E-state index contributed by atoms with van der Waals surface area (Å²) in [5, 5.41) is 18.4. The second-order valence-electron chi connectivity index (χ2n) is 4.15. The van der Waals surface area contributed by atoms with Crippen molar-refractivity contribution in [3.8, 4) is 0 Å². The van der Waals surface area contributed by atoms with Gasteiger partial charge in [-0.2, -0.15) is 0 Å². The first-order valence-corrected chi connectivity index (χ1v) is 5.26. The molecule has 1 aromatic rings. The highest BCUT2D eigenvalue weighted by molar-refractivity contribution is 5.96. The minimum atomic E-state index is -1.10. The van der Waals surface area contributed by atoms with Crippen LogP contribution in [0.25, 0.3) is 0 Å². The van der Waals surface area contributed by atoms with Gasteiger partial charge in [0.2, 0.25) is 0 Å². The zero-order valence-electron chi connectivity index (χ0n) is 9.29. The lowest BCUT2D eigenvalue weighted by Gasteiger charge is -2.20. The number of aliphatic carboxylic acids is 1. The number of aryl methyl sites for hydroxylation is 1. The van der Waals surface area contributed by atoms with E-state index in [1.165, 1.54) is 6.26 Å². The summed E-state index contributed by atoms with van der Waals surface area (Å²) in [7, 11) is 0. The molecular weight excluding hydrogens is 226 g/mol. The van der Waals surface area contributed by atoms with Gasteiger partial charge in [0.15, 0.2) is 0 Å². The molecule has 0 aromatic carbocycles. The summed E-state index contributed by atoms with van der Waals surface area (Å²) in [6.07, 6.45) is 0.576. The Morgan fingerprint density at radius 3 is 2.76 bits per heavy atom. The van der Waals surface area contributed by atoms with Crippen LogP contribution in [0.2, 0.25) is 0 Å². The molecule has 1 aliphatic heterocycles. The van der Waals surface area contributed by atoms with E-state index in [1.807, 2.05) is 0 Å². The van der Waals surface area contributed by atoms with Crippen LogP contribution in [0, 0.1) is 6.92 Å². The number of β-amino-alcohol motifs (C(OH)–C–C–N with tert-alkyl or cyclic N) is 1. The van der Waals surface area contributed by atoms with Crippen molar-refractivity contribution in [1.82, 2.24) is 4.90 Å². The number of hydrogen-bond acceptors (Lipinski definition) is 4. The summed E-state index contributed by atoms with van der Waals surface area (Å²) in [5.74, 6) is -0.944. The summed E-state index contributed by atoms with van der Waals surface area (Å²) < 4.78 is 5.01. The molecule has 6 nitrogen and oxygen atoms in total. The van der Waals surface area contributed by atoms with Gasteiger partial charge in [-0.25, -0.2) is 4.79 Å². The zero-order valence-corrected chi connectivity index (χ0v) is 9.29. The molecule has 6 heteroatoms. The van der Waals surface area contributed by atoms with Crippen LogP contribution in [0.5, 0.6) is 0 Å². The van der Waals surface area contributed by atoms with E-state index in [2.05, 4.69) is 0 Å². The van der Waals surface area contributed by atoms with Crippen LogP contribution in [-0.2, 0) is 4.79 Å². The number of carbonyl (C=O) groups is 2. The molecule has 0 spiro atoms. The van der Waals surface area contributed by atoms with Gasteiger partial charge in [0, 0.05) is 13.0 Å². The number of aliphatic hydroxyl groups is 1. The summed E-state index contributed by atoms with van der Waals surface area (Å²) in [4.78, 5) is 24.1. The maximum Gasteiger partial charge on any atom is 0.326 e. The van der Waals surface area contributed by atoms with Gasteiger partial charge >= 0.3 is 5.97 Å². The average Bonchev–Trinajstić information content (AvgIpc) is 2.83. The molecule has 1 fully saturated rings. The number of furan rings is 1. The molecule has 0 aliphatic carbocycles. The van der Waals surface area contributed by atoms with E-state index in [4.69, 9.17) is 9.52 Å². The molecule has 0 bridgehead atoms. The smallest absolute Gasteiger partial charge is 0.326 e. The second kappa shape index (κ2) is 4.21. The van der Waals surface area contributed by atoms with E-state index in [-0.39, 0.29) is 13.0 Å². The lowest BCUT2D eigenvalue weighted by atomic mass is 10.2. The van der Waals surface area contributed by atoms with Crippen LogP contribution >= 0.6 is 0 Å². The average molecular weight is 239 g/mol. The molecule has 1 aliphatic rings. The summed E-state index contributed by atoms with van der Waals surface area (Å²) >= 11 is 0. The van der Waals surface area contributed by atoms with Crippen molar-refractivity contribution in [2.45, 2.75) is 25.5 Å². The molecule has 2 unspecified atom stereocenters. The quantitative estimate of drug-likeness (QED) is 0.771. The predicted octanol–water partition coefficient (Wildman–Crippen LogP) is 0.248. The fourth-order valence-electron chi connectivity index (χ4n) is 1.99. The van der Waals surface area contributed by atoms with Crippen molar-refractivity contribution in [1.29, 1.82) is 0 Å². The molecule has 2 N–H and O–H groups in total. The van der Waals surface area contributed by atoms with Crippen LogP contribution in [-0.4, -0.2) is 45.7 Å². The van der Waals surface area contributed by atoms with Crippen molar-refractivity contribution in [3.63, 3.8) is 0 Å². The molecular formula is C11H13NO5. The Hall–Kier alpha value is -1.82. The molecule has 1 aromatic heterocycles. The van der Waals surface area contributed by atoms with Gasteiger partial charge in [-0.1, -0.05) is 0 Å². The summed E-state index contributed by atoms with van der Waals surface area (Å²) in [6, 6.07) is 0.582. The minimum Gasteiger partial charge on any atom is -0.480 e. The Morgan fingerprint density at radius 2 is 2.24 bits per heavy atom. The molecule has 1 saturated heterocycles. The van der Waals surface area contributed by atoms with Gasteiger partial charge in [-0.05, 0) is 13.0 Å². The monoisotopic (exact) mass is 239 g/mol. The number of likely N-dealkylation sites (tertiary alicyclic amines) is 1. The van der Waals surface area contributed by atoms with Gasteiger partial charge in [-0.3, -0.25) is 4.79 Å². The lowest BCUT2D eigenvalue weighted by molar-refractivity contribution is -0.141. The van der Waals surface area contributed by atoms with Crippen molar-refractivity contribution < 1.29 is 24.2 Å². The SMILES string of the molecule is Cc1cc(C(=O)N2CC(O)CC2C(=O)O)co1. The number of carboxylic acid groups (broad SMARTS) is 1. The van der Waals surface area contributed by atoms with E-state index in [0.29, 0.717) is 11.3 Å². The largest absolute Gasteiger partial charge is 0.480 e. The maximum atomic E-state index is 12.0. The minimum absolute atomic E-state index is 0.0417. The van der Waals surface area contributed by atoms with Crippen LogP contribution in [0.3, 0.4) is 0 Å². The number of carboxylic acids is 1. The summed E-state index contributed by atoms with van der Waals surface area (Å²) in [6.45, 7) is 1.74. The first-order valence-electron chi connectivity index (χ1n) is 5.26. The van der Waals surface area contributed by atoms with Crippen LogP contribution < -0.4 is 0 Å². The Kier molecular flexibility index (Phi) is 2.89. The van der Waals surface area contributed by atoms with Crippen molar-refractivity contribution >= 4 is 11.9 Å². The highest BCUT2D eigenvalue weighted by Crippen LogP contribution is 2.21. The lowest BCUT2D eigenvalue weighted by Crippen LogP contribution is -2.40. The number of carbonyl (C=O) groups excluding carboxylic acids is 1. The van der Waals surface area contributed by atoms with Crippen molar-refractivity contribution in [2.75, 3.05) is 6.54 Å². The van der Waals surface area contributed by atoms with E-state index in [0.717, 1.165) is 4.90 Å². The van der Waals surface area contributed by atoms with E-state index >= 15 is 0 Å². The predicted molar refractivity (Wildman–Crippen MR) is 56.5 cm³/mol. The van der Waals surface area contributed by atoms with Crippen molar-refractivity contribution in [3.05, 3.63) is 23.7 Å². The van der Waals surface area contributed by atoms with Gasteiger partial charge in [0.05, 0.1) is 11.7 Å². The fourth-order valence-corrected chi connectivity index (χ4v) is 1.99. The number of nitrogens with zero attached hydrogens (tertiary/aromatic N) is 1. The molecule has 17 heavy (non-hydrogen) atoms. The normalized spacial score (nSPS) is 24.0. The Labute approximate surface area is 97.4 Å². The van der Waals surface area contributed by atoms with Gasteiger partial charge in [0.1, 0.15) is 18.1 Å². The summed E-state index contributed by atoms with van der Waals surface area (Å²) in [5.41, 5.74) is 0.308. The zero-order chi connectivity index (χ0) is 12.6. The Balaban J connectivity index is 2.21. The standard InChI is InChI=1S/C11H13NO5/c1-6-2-7(5-17-6)10(14)12-4-8(13)3-9(12)11(15)16/h2,5,8-9,13H,3-4H2,1H3,(H,15,16). The molecule has 2 atom stereocenters. The van der Waals surface area contributed by atoms with Gasteiger partial charge in [-0.15, -0.1) is 0 Å². The molecule has 92 valence electrons. The first-order chi connectivity index (χ1) is 7.99. The van der Waals surface area contributed by atoms with Gasteiger partial charge in [0.25, 0.3) is 5.91 Å². The van der Waals surface area contributed by atoms with Crippen molar-refractivity contribution in [2.24, 2.45) is 0 Å². The third kappa shape index (κ3) is 2.16. The Bertz CT molecular complexity index is 452. The van der Waals surface area contributed by atoms with Crippen LogP contribution in [0.15, 0.2) is 16.7 Å². The molecule has 0 saturated carbocycles. The van der Waals surface area contributed by atoms with E-state index in [1.54, 1.807) is 13.0 Å². The Morgan fingerprint density at radius 1 is 1.53 bits per heavy atom.